The molecular formula is C20H24F4N6O2. The number of anilines is 2. The third kappa shape index (κ3) is 4.93. The van der Waals surface area contributed by atoms with Crippen LogP contribution in [-0.2, 0) is 5.54 Å². The Morgan fingerprint density at radius 1 is 1.34 bits per heavy atom. The number of hydrogen-bond acceptors (Lipinski definition) is 7. The lowest BCUT2D eigenvalue weighted by Crippen LogP contribution is -2.48. The van der Waals surface area contributed by atoms with Crippen LogP contribution in [0.2, 0.25) is 0 Å². The van der Waals surface area contributed by atoms with Gasteiger partial charge in [0.25, 0.3) is 5.88 Å². The third-order valence-electron chi connectivity index (χ3n) is 5.62. The molecule has 0 aromatic carbocycles. The van der Waals surface area contributed by atoms with Gasteiger partial charge in [0.2, 0.25) is 11.8 Å². The normalized spacial score (nSPS) is 21.8. The predicted octanol–water partition coefficient (Wildman–Crippen LogP) is 3.99. The maximum atomic E-state index is 14.1. The number of nitrogens with zero attached hydrogens (tertiary/aromatic N) is 5. The van der Waals surface area contributed by atoms with Crippen molar-refractivity contribution >= 4 is 11.6 Å². The van der Waals surface area contributed by atoms with E-state index in [-0.39, 0.29) is 37.2 Å². The molecule has 0 radical (unpaired) electrons. The summed E-state index contributed by atoms with van der Waals surface area (Å²) in [5.74, 6) is -1.37. The highest BCUT2D eigenvalue weighted by molar-refractivity contribution is 5.55. The van der Waals surface area contributed by atoms with Crippen molar-refractivity contribution in [3.63, 3.8) is 0 Å². The average molecular weight is 456 g/mol. The Labute approximate surface area is 182 Å². The van der Waals surface area contributed by atoms with Crippen molar-refractivity contribution in [3.05, 3.63) is 23.9 Å². The number of nitriles is 1. The van der Waals surface area contributed by atoms with Crippen LogP contribution in [0.15, 0.2) is 12.4 Å². The number of aryl methyl sites for hydroxylation is 1. The SMILES string of the molecule is Cc1nn(C(C)(C)C#N)cc1Nc1ncc(F)c(OCC2CCC(O)(C(F)(F)F)CC2)n1. The van der Waals surface area contributed by atoms with Crippen molar-refractivity contribution in [2.24, 2.45) is 5.92 Å². The second-order valence-electron chi connectivity index (χ2n) is 8.50. The lowest BCUT2D eigenvalue weighted by atomic mass is 9.79. The van der Waals surface area contributed by atoms with Crippen molar-refractivity contribution in [2.45, 2.75) is 63.8 Å². The Hall–Kier alpha value is -2.94. The maximum absolute atomic E-state index is 14.1. The van der Waals surface area contributed by atoms with Gasteiger partial charge in [0.05, 0.1) is 36.5 Å². The third-order valence-corrected chi connectivity index (χ3v) is 5.62. The smallest absolute Gasteiger partial charge is 0.417 e. The summed E-state index contributed by atoms with van der Waals surface area (Å²) in [6.45, 7) is 5.09. The summed E-state index contributed by atoms with van der Waals surface area (Å²) in [4.78, 5) is 7.87. The molecule has 2 N–H and O–H groups in total. The van der Waals surface area contributed by atoms with Gasteiger partial charge in [-0.05, 0) is 52.4 Å². The molecule has 12 heteroatoms. The molecule has 2 aromatic heterocycles. The molecule has 1 aliphatic rings. The summed E-state index contributed by atoms with van der Waals surface area (Å²) < 4.78 is 59.8. The van der Waals surface area contributed by atoms with Gasteiger partial charge in [-0.25, -0.2) is 4.98 Å². The van der Waals surface area contributed by atoms with Gasteiger partial charge in [-0.1, -0.05) is 0 Å². The van der Waals surface area contributed by atoms with Crippen LogP contribution in [0, 0.1) is 30.0 Å². The van der Waals surface area contributed by atoms with Crippen LogP contribution in [-0.4, -0.2) is 43.2 Å². The first-order valence-electron chi connectivity index (χ1n) is 10.0. The summed E-state index contributed by atoms with van der Waals surface area (Å²) in [6.07, 6.45) is -2.80. The molecule has 8 nitrogen and oxygen atoms in total. The second-order valence-corrected chi connectivity index (χ2v) is 8.50. The van der Waals surface area contributed by atoms with Crippen LogP contribution in [0.4, 0.5) is 29.2 Å². The Morgan fingerprint density at radius 3 is 2.59 bits per heavy atom. The molecule has 0 saturated heterocycles. The first kappa shape index (κ1) is 23.7. The number of alkyl halides is 3. The summed E-state index contributed by atoms with van der Waals surface area (Å²) >= 11 is 0. The fourth-order valence-electron chi connectivity index (χ4n) is 3.36. The van der Waals surface area contributed by atoms with Crippen LogP contribution < -0.4 is 10.1 Å². The molecule has 2 aromatic rings. The molecule has 0 aliphatic heterocycles. The second kappa shape index (κ2) is 8.54. The quantitative estimate of drug-likeness (QED) is 0.633. The fourth-order valence-corrected chi connectivity index (χ4v) is 3.36. The van der Waals surface area contributed by atoms with Crippen LogP contribution in [0.1, 0.15) is 45.2 Å². The fraction of sp³-hybridized carbons (Fsp3) is 0.600. The minimum atomic E-state index is -4.67. The van der Waals surface area contributed by atoms with E-state index < -0.39 is 36.0 Å². The molecule has 32 heavy (non-hydrogen) atoms. The van der Waals surface area contributed by atoms with Crippen LogP contribution in [0.5, 0.6) is 5.88 Å². The van der Waals surface area contributed by atoms with E-state index in [9.17, 15) is 27.9 Å². The van der Waals surface area contributed by atoms with Crippen LogP contribution in [0.25, 0.3) is 0 Å². The summed E-state index contributed by atoms with van der Waals surface area (Å²) in [5, 5.41) is 26.2. The summed E-state index contributed by atoms with van der Waals surface area (Å²) in [6, 6.07) is 2.13. The summed E-state index contributed by atoms with van der Waals surface area (Å²) in [7, 11) is 0. The van der Waals surface area contributed by atoms with Gasteiger partial charge >= 0.3 is 6.18 Å². The van der Waals surface area contributed by atoms with Gasteiger partial charge in [-0.3, -0.25) is 4.68 Å². The Kier molecular flexibility index (Phi) is 6.33. The molecular weight excluding hydrogens is 432 g/mol. The van der Waals surface area contributed by atoms with Crippen molar-refractivity contribution < 1.29 is 27.4 Å². The first-order valence-corrected chi connectivity index (χ1v) is 10.0. The Balaban J connectivity index is 1.64. The van der Waals surface area contributed by atoms with Crippen molar-refractivity contribution in [1.82, 2.24) is 19.7 Å². The first-order chi connectivity index (χ1) is 14.8. The minimum absolute atomic E-state index is 0.0331. The number of nitrogens with one attached hydrogen (secondary N) is 1. The molecule has 0 atom stereocenters. The largest absolute Gasteiger partial charge is 0.475 e. The lowest BCUT2D eigenvalue weighted by Gasteiger charge is -2.37. The van der Waals surface area contributed by atoms with E-state index in [1.807, 2.05) is 0 Å². The molecule has 174 valence electrons. The zero-order valence-electron chi connectivity index (χ0n) is 17.9. The maximum Gasteiger partial charge on any atom is 0.417 e. The highest BCUT2D eigenvalue weighted by atomic mass is 19.4. The van der Waals surface area contributed by atoms with Gasteiger partial charge in [-0.15, -0.1) is 0 Å². The number of aliphatic hydroxyl groups is 1. The molecule has 1 aliphatic carbocycles. The lowest BCUT2D eigenvalue weighted by molar-refractivity contribution is -0.272. The van der Waals surface area contributed by atoms with Gasteiger partial charge in [0, 0.05) is 0 Å². The molecule has 0 unspecified atom stereocenters. The summed E-state index contributed by atoms with van der Waals surface area (Å²) in [5.41, 5.74) is -2.46. The highest BCUT2D eigenvalue weighted by Gasteiger charge is 2.54. The minimum Gasteiger partial charge on any atom is -0.475 e. The number of halogens is 4. The number of hydrogen-bond donors (Lipinski definition) is 2. The van der Waals surface area contributed by atoms with E-state index >= 15 is 0 Å². The number of rotatable bonds is 6. The monoisotopic (exact) mass is 456 g/mol. The molecule has 0 bridgehead atoms. The molecule has 1 fully saturated rings. The van der Waals surface area contributed by atoms with Crippen LogP contribution in [0.3, 0.4) is 0 Å². The average Bonchev–Trinajstić information content (AvgIpc) is 3.10. The molecule has 0 amide bonds. The van der Waals surface area contributed by atoms with E-state index in [0.717, 1.165) is 6.20 Å². The highest BCUT2D eigenvalue weighted by Crippen LogP contribution is 2.43. The van der Waals surface area contributed by atoms with Crippen LogP contribution >= 0.6 is 0 Å². The van der Waals surface area contributed by atoms with E-state index in [4.69, 9.17) is 4.74 Å². The predicted molar refractivity (Wildman–Crippen MR) is 106 cm³/mol. The van der Waals surface area contributed by atoms with E-state index in [2.05, 4.69) is 26.5 Å². The number of ether oxygens (including phenoxy) is 1. The van der Waals surface area contributed by atoms with Gasteiger partial charge in [0.1, 0.15) is 5.54 Å². The molecule has 3 rings (SSSR count). The standard InChI is InChI=1S/C20H24F4N6O2/c1-12-15(9-30(29-12)18(2,3)11-25)27-17-26-8-14(21)16(28-17)32-10-13-4-6-19(31,7-5-13)20(22,23)24/h8-9,13,31H,4-7,10H2,1-3H3,(H,26,27,28). The van der Waals surface area contributed by atoms with E-state index in [1.165, 1.54) is 4.68 Å². The molecule has 0 spiro atoms. The van der Waals surface area contributed by atoms with Gasteiger partial charge in [0.15, 0.2) is 5.60 Å². The topological polar surface area (TPSA) is 109 Å². The molecule has 1 saturated carbocycles. The molecule has 2 heterocycles. The van der Waals surface area contributed by atoms with E-state index in [0.29, 0.717) is 11.4 Å². The van der Waals surface area contributed by atoms with E-state index in [1.54, 1.807) is 27.0 Å². The van der Waals surface area contributed by atoms with Gasteiger partial charge in [-0.2, -0.15) is 32.9 Å². The Bertz CT molecular complexity index is 1010. The van der Waals surface area contributed by atoms with Crippen molar-refractivity contribution in [3.8, 4) is 11.9 Å². The zero-order valence-corrected chi connectivity index (χ0v) is 17.9. The van der Waals surface area contributed by atoms with Gasteiger partial charge < -0.3 is 15.2 Å². The Morgan fingerprint density at radius 2 is 2.00 bits per heavy atom. The number of aromatic nitrogens is 4. The van der Waals surface area contributed by atoms with Crippen molar-refractivity contribution in [1.29, 1.82) is 5.26 Å². The zero-order chi connectivity index (χ0) is 23.7. The van der Waals surface area contributed by atoms with Crippen molar-refractivity contribution in [2.75, 3.05) is 11.9 Å².